The molecule has 7 nitrogen and oxygen atoms in total. The molecule has 19 heavy (non-hydrogen) atoms. The van der Waals surface area contributed by atoms with Crippen LogP contribution in [-0.4, -0.2) is 36.0 Å². The minimum atomic E-state index is -0.746. The lowest BCUT2D eigenvalue weighted by atomic mass is 10.1. The summed E-state index contributed by atoms with van der Waals surface area (Å²) in [4.78, 5) is 24.3. The highest BCUT2D eigenvalue weighted by molar-refractivity contribution is 6.42. The van der Waals surface area contributed by atoms with Crippen LogP contribution >= 0.6 is 0 Å². The van der Waals surface area contributed by atoms with Gasteiger partial charge in [0, 0.05) is 11.3 Å². The number of amidine groups is 1. The number of amides is 1. The Morgan fingerprint density at radius 3 is 2.63 bits per heavy atom. The van der Waals surface area contributed by atoms with Gasteiger partial charge in [0.25, 0.3) is 5.91 Å². The number of anilines is 1. The molecule has 0 fully saturated rings. The normalized spacial score (nSPS) is 25.2. The molecule has 2 heterocycles. The monoisotopic (exact) mass is 256 g/mol. The summed E-state index contributed by atoms with van der Waals surface area (Å²) in [6.07, 6.45) is 0.829. The van der Waals surface area contributed by atoms with E-state index in [9.17, 15) is 4.79 Å². The van der Waals surface area contributed by atoms with Crippen LogP contribution in [0.4, 0.5) is 5.69 Å². The fourth-order valence-electron chi connectivity index (χ4n) is 1.91. The summed E-state index contributed by atoms with van der Waals surface area (Å²) in [7, 11) is 0. The molecule has 0 aliphatic carbocycles. The number of hydrogen-bond donors (Lipinski definition) is 3. The molecule has 0 radical (unpaired) electrons. The second-order valence-corrected chi connectivity index (χ2v) is 4.24. The van der Waals surface area contributed by atoms with E-state index in [0.717, 1.165) is 5.56 Å². The molecule has 2 aliphatic heterocycles. The third-order valence-corrected chi connectivity index (χ3v) is 2.85. The first kappa shape index (κ1) is 11.5. The largest absolute Gasteiger partial charge is 0.399 e. The van der Waals surface area contributed by atoms with Gasteiger partial charge in [-0.3, -0.25) is 15.5 Å². The first-order valence-corrected chi connectivity index (χ1v) is 5.75. The summed E-state index contributed by atoms with van der Waals surface area (Å²) in [5.41, 5.74) is 13.3. The van der Waals surface area contributed by atoms with Crippen molar-refractivity contribution in [3.8, 4) is 0 Å². The van der Waals surface area contributed by atoms with Crippen LogP contribution in [0.5, 0.6) is 0 Å². The zero-order chi connectivity index (χ0) is 13.4. The summed E-state index contributed by atoms with van der Waals surface area (Å²) in [5.74, 6) is 0.0535. The van der Waals surface area contributed by atoms with E-state index in [0.29, 0.717) is 17.2 Å². The van der Waals surface area contributed by atoms with Gasteiger partial charge in [-0.1, -0.05) is 12.1 Å². The van der Waals surface area contributed by atoms with Gasteiger partial charge in [0.2, 0.25) is 0 Å². The van der Waals surface area contributed by atoms with E-state index in [1.54, 1.807) is 18.3 Å². The second-order valence-electron chi connectivity index (χ2n) is 4.24. The lowest BCUT2D eigenvalue weighted by Crippen LogP contribution is -2.53. The van der Waals surface area contributed by atoms with Crippen LogP contribution in [0, 0.1) is 0 Å². The Hall–Kier alpha value is -2.54. The van der Waals surface area contributed by atoms with Crippen LogP contribution in [0.2, 0.25) is 0 Å². The number of carbonyl (C=O) groups excluding carboxylic acids is 1. The van der Waals surface area contributed by atoms with Crippen LogP contribution in [0.3, 0.4) is 0 Å². The van der Waals surface area contributed by atoms with E-state index < -0.39 is 12.3 Å². The van der Waals surface area contributed by atoms with E-state index >= 15 is 0 Å². The molecule has 96 valence electrons. The molecule has 7 heteroatoms. The molecule has 0 saturated carbocycles. The maximum atomic E-state index is 11.8. The molecule has 2 aliphatic rings. The molecule has 5 N–H and O–H groups in total. The number of fused-ring (bicyclic) bond motifs is 1. The number of hydrogen-bond acceptors (Lipinski definition) is 6. The van der Waals surface area contributed by atoms with Gasteiger partial charge in [-0.15, -0.1) is 0 Å². The van der Waals surface area contributed by atoms with Gasteiger partial charge in [-0.25, -0.2) is 9.98 Å². The number of nitrogen functional groups attached to an aromatic ring is 1. The Kier molecular flexibility index (Phi) is 2.60. The fraction of sp³-hybridized carbons (Fsp3) is 0.167. The number of rotatable bonds is 1. The highest BCUT2D eigenvalue weighted by Crippen LogP contribution is 2.13. The Morgan fingerprint density at radius 1 is 1.16 bits per heavy atom. The number of carbonyl (C=O) groups is 1. The zero-order valence-corrected chi connectivity index (χ0v) is 9.95. The van der Waals surface area contributed by atoms with Gasteiger partial charge in [-0.05, 0) is 12.1 Å². The molecule has 3 rings (SSSR count). The van der Waals surface area contributed by atoms with Crippen molar-refractivity contribution in [3.05, 3.63) is 29.8 Å². The van der Waals surface area contributed by atoms with Gasteiger partial charge in [0.05, 0.1) is 11.9 Å². The molecule has 0 saturated heterocycles. The standard InChI is InChI=1S/C12H12N6O/c13-7-3-1-6(2-4-7)8-5-15-10-9(16-8)11(19)18-12(14)17-10/h1-5,9,12H,13-14H2,(H,18,19). The molecule has 1 aromatic rings. The lowest BCUT2D eigenvalue weighted by Gasteiger charge is -2.24. The summed E-state index contributed by atoms with van der Waals surface area (Å²) >= 11 is 0. The van der Waals surface area contributed by atoms with E-state index in [1.165, 1.54) is 0 Å². The van der Waals surface area contributed by atoms with Crippen molar-refractivity contribution in [2.45, 2.75) is 12.3 Å². The van der Waals surface area contributed by atoms with Gasteiger partial charge in [0.15, 0.2) is 18.2 Å². The molecule has 0 bridgehead atoms. The number of nitrogens with one attached hydrogen (secondary N) is 1. The van der Waals surface area contributed by atoms with Crippen molar-refractivity contribution < 1.29 is 4.79 Å². The van der Waals surface area contributed by atoms with Crippen LogP contribution in [0.1, 0.15) is 5.56 Å². The predicted molar refractivity (Wildman–Crippen MR) is 73.2 cm³/mol. The number of aliphatic imine (C=N–C) groups is 3. The second kappa shape index (κ2) is 4.29. The van der Waals surface area contributed by atoms with Crippen molar-refractivity contribution in [1.29, 1.82) is 0 Å². The molecular formula is C12H12N6O. The highest BCUT2D eigenvalue weighted by Gasteiger charge is 2.32. The Bertz CT molecular complexity index is 616. The lowest BCUT2D eigenvalue weighted by molar-refractivity contribution is -0.121. The smallest absolute Gasteiger partial charge is 0.255 e. The third kappa shape index (κ3) is 2.11. The predicted octanol–water partition coefficient (Wildman–Crippen LogP) is -0.718. The van der Waals surface area contributed by atoms with Crippen molar-refractivity contribution in [3.63, 3.8) is 0 Å². The van der Waals surface area contributed by atoms with Crippen LogP contribution in [0.25, 0.3) is 0 Å². The van der Waals surface area contributed by atoms with Crippen molar-refractivity contribution in [1.82, 2.24) is 5.32 Å². The molecule has 1 aromatic carbocycles. The number of benzene rings is 1. The highest BCUT2D eigenvalue weighted by atomic mass is 16.2. The van der Waals surface area contributed by atoms with Gasteiger partial charge in [-0.2, -0.15) is 0 Å². The van der Waals surface area contributed by atoms with Crippen LogP contribution < -0.4 is 16.8 Å². The minimum Gasteiger partial charge on any atom is -0.399 e. The van der Waals surface area contributed by atoms with Crippen molar-refractivity contribution in [2.75, 3.05) is 5.73 Å². The molecule has 0 spiro atoms. The van der Waals surface area contributed by atoms with Gasteiger partial charge in [0.1, 0.15) is 0 Å². The Balaban J connectivity index is 1.96. The van der Waals surface area contributed by atoms with Gasteiger partial charge >= 0.3 is 0 Å². The maximum absolute atomic E-state index is 11.8. The minimum absolute atomic E-state index is 0.290. The number of nitrogens with two attached hydrogens (primary N) is 2. The molecule has 2 unspecified atom stereocenters. The first-order valence-electron chi connectivity index (χ1n) is 5.75. The summed E-state index contributed by atoms with van der Waals surface area (Å²) < 4.78 is 0. The molecule has 0 aromatic heterocycles. The SMILES string of the molecule is Nc1ccc(C2=NC3C(=O)NC(N)N=C3N=C2)cc1. The van der Waals surface area contributed by atoms with Crippen molar-refractivity contribution in [2.24, 2.45) is 20.7 Å². The first-order chi connectivity index (χ1) is 9.13. The summed E-state index contributed by atoms with van der Waals surface area (Å²) in [6, 6.07) is 6.47. The van der Waals surface area contributed by atoms with E-state index in [1.807, 2.05) is 12.1 Å². The Morgan fingerprint density at radius 2 is 1.89 bits per heavy atom. The van der Waals surface area contributed by atoms with Crippen LogP contribution in [0.15, 0.2) is 39.2 Å². The summed E-state index contributed by atoms with van der Waals surface area (Å²) in [6.45, 7) is 0. The zero-order valence-electron chi connectivity index (χ0n) is 9.95. The molecular weight excluding hydrogens is 244 g/mol. The fourth-order valence-corrected chi connectivity index (χ4v) is 1.91. The maximum Gasteiger partial charge on any atom is 0.255 e. The molecule has 2 atom stereocenters. The number of nitrogens with zero attached hydrogens (tertiary/aromatic N) is 3. The Labute approximate surface area is 109 Å². The summed E-state index contributed by atoms with van der Waals surface area (Å²) in [5, 5.41) is 2.51. The third-order valence-electron chi connectivity index (χ3n) is 2.85. The average Bonchev–Trinajstić information content (AvgIpc) is 2.39. The average molecular weight is 256 g/mol. The quantitative estimate of drug-likeness (QED) is 0.575. The molecule has 1 amide bonds. The van der Waals surface area contributed by atoms with Crippen LogP contribution in [-0.2, 0) is 4.79 Å². The van der Waals surface area contributed by atoms with E-state index in [2.05, 4.69) is 20.3 Å². The topological polar surface area (TPSA) is 118 Å². The van der Waals surface area contributed by atoms with E-state index in [4.69, 9.17) is 11.5 Å². The van der Waals surface area contributed by atoms with Crippen molar-refractivity contribution >= 4 is 29.4 Å². The van der Waals surface area contributed by atoms with E-state index in [-0.39, 0.29) is 5.91 Å². The van der Waals surface area contributed by atoms with Gasteiger partial charge < -0.3 is 11.1 Å².